The van der Waals surface area contributed by atoms with E-state index >= 15 is 0 Å². The van der Waals surface area contributed by atoms with Crippen LogP contribution in [0, 0.1) is 6.92 Å². The predicted octanol–water partition coefficient (Wildman–Crippen LogP) is 4.33. The van der Waals surface area contributed by atoms with Crippen LogP contribution in [0.2, 0.25) is 5.02 Å². The summed E-state index contributed by atoms with van der Waals surface area (Å²) >= 11 is 6.10. The molecule has 1 amide bonds. The molecule has 128 valence electrons. The number of rotatable bonds is 6. The van der Waals surface area contributed by atoms with Crippen molar-refractivity contribution in [3.63, 3.8) is 0 Å². The third-order valence-corrected chi connectivity index (χ3v) is 4.34. The van der Waals surface area contributed by atoms with Gasteiger partial charge in [0.1, 0.15) is 5.75 Å². The van der Waals surface area contributed by atoms with E-state index in [-0.39, 0.29) is 18.0 Å². The van der Waals surface area contributed by atoms with Crippen LogP contribution < -0.4 is 15.4 Å². The summed E-state index contributed by atoms with van der Waals surface area (Å²) in [5.41, 5.74) is 2.63. The van der Waals surface area contributed by atoms with Crippen LogP contribution in [-0.4, -0.2) is 19.1 Å². The summed E-state index contributed by atoms with van der Waals surface area (Å²) in [7, 11) is 1.55. The Morgan fingerprint density at radius 2 is 1.83 bits per heavy atom. The van der Waals surface area contributed by atoms with Crippen molar-refractivity contribution in [2.75, 3.05) is 12.4 Å². The standard InChI is InChI=1S/C19H23ClN2O2/c1-12-10-17(18(24-4)11-16(12)20)22-19(23)14(3)21-13(2)15-8-6-5-7-9-15/h5-11,13-14,21H,1-4H3,(H,22,23)/t13-,14-/m0/s1. The van der Waals surface area contributed by atoms with Crippen molar-refractivity contribution >= 4 is 23.2 Å². The largest absolute Gasteiger partial charge is 0.495 e. The van der Waals surface area contributed by atoms with Crippen LogP contribution in [0.15, 0.2) is 42.5 Å². The highest BCUT2D eigenvalue weighted by atomic mass is 35.5. The summed E-state index contributed by atoms with van der Waals surface area (Å²) in [5.74, 6) is 0.417. The molecule has 0 saturated carbocycles. The number of aryl methyl sites for hydroxylation is 1. The highest BCUT2D eigenvalue weighted by molar-refractivity contribution is 6.31. The summed E-state index contributed by atoms with van der Waals surface area (Å²) in [4.78, 5) is 12.5. The summed E-state index contributed by atoms with van der Waals surface area (Å²) in [6, 6.07) is 13.2. The zero-order valence-corrected chi connectivity index (χ0v) is 15.1. The Morgan fingerprint density at radius 3 is 2.46 bits per heavy atom. The average Bonchev–Trinajstić information content (AvgIpc) is 2.58. The fourth-order valence-electron chi connectivity index (χ4n) is 2.46. The number of benzene rings is 2. The van der Waals surface area contributed by atoms with Gasteiger partial charge in [0, 0.05) is 17.1 Å². The Hall–Kier alpha value is -2.04. The van der Waals surface area contributed by atoms with Crippen molar-refractivity contribution in [3.8, 4) is 5.75 Å². The second-order valence-corrected chi connectivity index (χ2v) is 6.22. The van der Waals surface area contributed by atoms with Gasteiger partial charge >= 0.3 is 0 Å². The van der Waals surface area contributed by atoms with Crippen LogP contribution in [0.5, 0.6) is 5.75 Å². The van der Waals surface area contributed by atoms with Gasteiger partial charge in [-0.2, -0.15) is 0 Å². The molecule has 2 aromatic rings. The van der Waals surface area contributed by atoms with E-state index in [1.165, 1.54) is 0 Å². The molecule has 0 fully saturated rings. The van der Waals surface area contributed by atoms with E-state index in [1.807, 2.05) is 57.2 Å². The lowest BCUT2D eigenvalue weighted by molar-refractivity contribution is -0.117. The number of carbonyl (C=O) groups is 1. The van der Waals surface area contributed by atoms with Gasteiger partial charge in [-0.3, -0.25) is 10.1 Å². The molecule has 0 radical (unpaired) electrons. The topological polar surface area (TPSA) is 50.4 Å². The number of ether oxygens (including phenoxy) is 1. The average molecular weight is 347 g/mol. The molecule has 5 heteroatoms. The van der Waals surface area contributed by atoms with Crippen LogP contribution in [0.4, 0.5) is 5.69 Å². The quantitative estimate of drug-likeness (QED) is 0.818. The predicted molar refractivity (Wildman–Crippen MR) is 98.8 cm³/mol. The van der Waals surface area contributed by atoms with E-state index in [0.717, 1.165) is 11.1 Å². The van der Waals surface area contributed by atoms with Crippen LogP contribution in [0.1, 0.15) is 31.0 Å². The van der Waals surface area contributed by atoms with Gasteiger partial charge in [0.05, 0.1) is 18.8 Å². The summed E-state index contributed by atoms with van der Waals surface area (Å²) in [6.45, 7) is 5.76. The number of amides is 1. The Balaban J connectivity index is 2.05. The van der Waals surface area contributed by atoms with Crippen LogP contribution in [-0.2, 0) is 4.79 Å². The first-order valence-corrected chi connectivity index (χ1v) is 8.26. The van der Waals surface area contributed by atoms with Gasteiger partial charge in [-0.15, -0.1) is 0 Å². The van der Waals surface area contributed by atoms with Gasteiger partial charge < -0.3 is 10.1 Å². The van der Waals surface area contributed by atoms with E-state index in [4.69, 9.17) is 16.3 Å². The molecule has 0 unspecified atom stereocenters. The lowest BCUT2D eigenvalue weighted by Crippen LogP contribution is -2.39. The van der Waals surface area contributed by atoms with E-state index < -0.39 is 0 Å². The zero-order valence-electron chi connectivity index (χ0n) is 14.4. The number of carbonyl (C=O) groups excluding carboxylic acids is 1. The van der Waals surface area contributed by atoms with Gasteiger partial charge in [-0.25, -0.2) is 0 Å². The summed E-state index contributed by atoms with van der Waals surface area (Å²) in [5, 5.41) is 6.81. The maximum absolute atomic E-state index is 12.5. The fourth-order valence-corrected chi connectivity index (χ4v) is 2.61. The van der Waals surface area contributed by atoms with Gasteiger partial charge in [-0.1, -0.05) is 41.9 Å². The third-order valence-electron chi connectivity index (χ3n) is 3.93. The Morgan fingerprint density at radius 1 is 1.17 bits per heavy atom. The Bertz CT molecular complexity index is 704. The van der Waals surface area contributed by atoms with E-state index in [0.29, 0.717) is 16.5 Å². The van der Waals surface area contributed by atoms with Crippen molar-refractivity contribution in [3.05, 3.63) is 58.6 Å². The van der Waals surface area contributed by atoms with Crippen LogP contribution in [0.3, 0.4) is 0 Å². The minimum absolute atomic E-state index is 0.0702. The first-order chi connectivity index (χ1) is 11.4. The zero-order chi connectivity index (χ0) is 17.7. The van der Waals surface area contributed by atoms with Crippen molar-refractivity contribution in [2.45, 2.75) is 32.9 Å². The van der Waals surface area contributed by atoms with Crippen LogP contribution in [0.25, 0.3) is 0 Å². The van der Waals surface area contributed by atoms with Gasteiger partial charge in [0.25, 0.3) is 0 Å². The second-order valence-electron chi connectivity index (χ2n) is 5.81. The van der Waals surface area contributed by atoms with Crippen LogP contribution >= 0.6 is 11.6 Å². The number of hydrogen-bond donors (Lipinski definition) is 2. The molecule has 0 spiro atoms. The van der Waals surface area contributed by atoms with E-state index in [2.05, 4.69) is 10.6 Å². The monoisotopic (exact) mass is 346 g/mol. The summed E-state index contributed by atoms with van der Waals surface area (Å²) < 4.78 is 5.29. The highest BCUT2D eigenvalue weighted by Gasteiger charge is 2.18. The molecule has 0 bridgehead atoms. The molecule has 0 aliphatic heterocycles. The molecule has 0 saturated heterocycles. The number of methoxy groups -OCH3 is 1. The lowest BCUT2D eigenvalue weighted by atomic mass is 10.1. The Kier molecular flexibility index (Phi) is 6.23. The van der Waals surface area contributed by atoms with Crippen molar-refractivity contribution in [2.24, 2.45) is 0 Å². The first kappa shape index (κ1) is 18.3. The minimum atomic E-state index is -0.360. The highest BCUT2D eigenvalue weighted by Crippen LogP contribution is 2.31. The number of anilines is 1. The molecule has 0 heterocycles. The van der Waals surface area contributed by atoms with Crippen molar-refractivity contribution < 1.29 is 9.53 Å². The summed E-state index contributed by atoms with van der Waals surface area (Å²) in [6.07, 6.45) is 0. The first-order valence-electron chi connectivity index (χ1n) is 7.88. The van der Waals surface area contributed by atoms with Crippen molar-refractivity contribution in [1.29, 1.82) is 0 Å². The number of halogens is 1. The smallest absolute Gasteiger partial charge is 0.241 e. The molecular weight excluding hydrogens is 324 g/mol. The van der Waals surface area contributed by atoms with E-state index in [9.17, 15) is 4.79 Å². The molecule has 2 N–H and O–H groups in total. The maximum Gasteiger partial charge on any atom is 0.241 e. The molecule has 2 rings (SSSR count). The van der Waals surface area contributed by atoms with Gasteiger partial charge in [-0.05, 0) is 38.0 Å². The molecular formula is C19H23ClN2O2. The minimum Gasteiger partial charge on any atom is -0.495 e. The molecule has 24 heavy (non-hydrogen) atoms. The fraction of sp³-hybridized carbons (Fsp3) is 0.316. The molecule has 0 aromatic heterocycles. The normalized spacial score (nSPS) is 13.2. The second kappa shape index (κ2) is 8.18. The molecule has 2 atom stereocenters. The molecule has 2 aromatic carbocycles. The molecule has 0 aliphatic carbocycles. The third kappa shape index (κ3) is 4.49. The number of hydrogen-bond acceptors (Lipinski definition) is 3. The van der Waals surface area contributed by atoms with E-state index in [1.54, 1.807) is 13.2 Å². The lowest BCUT2D eigenvalue weighted by Gasteiger charge is -2.21. The molecule has 4 nitrogen and oxygen atoms in total. The Labute approximate surface area is 148 Å². The SMILES string of the molecule is COc1cc(Cl)c(C)cc1NC(=O)[C@H](C)N[C@@H](C)c1ccccc1. The van der Waals surface area contributed by atoms with Gasteiger partial charge in [0.2, 0.25) is 5.91 Å². The number of nitrogens with one attached hydrogen (secondary N) is 2. The van der Waals surface area contributed by atoms with Gasteiger partial charge in [0.15, 0.2) is 0 Å². The molecule has 0 aliphatic rings. The van der Waals surface area contributed by atoms with Crippen molar-refractivity contribution in [1.82, 2.24) is 5.32 Å². The maximum atomic E-state index is 12.5.